The van der Waals surface area contributed by atoms with Crippen molar-refractivity contribution in [1.82, 2.24) is 0 Å². The molecule has 1 aliphatic rings. The number of carbonyl (C=O) groups is 2. The molecule has 0 bridgehead atoms. The lowest BCUT2D eigenvalue weighted by atomic mass is 10.4. The van der Waals surface area contributed by atoms with Gasteiger partial charge >= 0.3 is 0 Å². The minimum absolute atomic E-state index is 0.275. The lowest BCUT2D eigenvalue weighted by Crippen LogP contribution is -2.39. The topological polar surface area (TPSA) is 86.2 Å². The van der Waals surface area contributed by atoms with Crippen LogP contribution < -0.4 is 11.5 Å². The van der Waals surface area contributed by atoms with Crippen LogP contribution in [0.4, 0.5) is 0 Å². The molecule has 1 heterocycles. The van der Waals surface area contributed by atoms with E-state index in [2.05, 4.69) is 0 Å². The first-order valence-electron chi connectivity index (χ1n) is 3.45. The minimum atomic E-state index is -0.531. The molecule has 0 unspecified atom stereocenters. The van der Waals surface area contributed by atoms with Gasteiger partial charge in [-0.1, -0.05) is 0 Å². The molecule has 0 spiro atoms. The molecule has 12 heavy (non-hydrogen) atoms. The Morgan fingerprint density at radius 1 is 1.08 bits per heavy atom. The molecule has 0 aliphatic carbocycles. The summed E-state index contributed by atoms with van der Waals surface area (Å²) in [7, 11) is 0. The van der Waals surface area contributed by atoms with Crippen molar-refractivity contribution in [3.63, 3.8) is 0 Å². The normalized spacial score (nSPS) is 32.8. The molecule has 0 aromatic carbocycles. The molecule has 1 aliphatic heterocycles. The van der Waals surface area contributed by atoms with Gasteiger partial charge < -0.3 is 11.5 Å². The van der Waals surface area contributed by atoms with Crippen LogP contribution in [0.1, 0.15) is 0 Å². The van der Waals surface area contributed by atoms with Crippen molar-refractivity contribution in [2.24, 2.45) is 11.5 Å². The van der Waals surface area contributed by atoms with E-state index in [0.29, 0.717) is 23.3 Å². The van der Waals surface area contributed by atoms with Crippen LogP contribution >= 0.6 is 23.5 Å². The Morgan fingerprint density at radius 2 is 1.50 bits per heavy atom. The molecule has 68 valence electrons. The summed E-state index contributed by atoms with van der Waals surface area (Å²) in [4.78, 5) is 22.1. The molecule has 2 atom stereocenters. The fourth-order valence-electron chi connectivity index (χ4n) is 0.709. The second kappa shape index (κ2) is 4.27. The van der Waals surface area contributed by atoms with E-state index in [4.69, 9.17) is 11.5 Å². The molecule has 0 amide bonds. The fraction of sp³-hybridized carbons (Fsp3) is 0.667. The molecule has 0 aromatic heterocycles. The van der Waals surface area contributed by atoms with Gasteiger partial charge in [-0.05, 0) is 11.8 Å². The molecule has 1 fully saturated rings. The average molecular weight is 206 g/mol. The van der Waals surface area contributed by atoms with Crippen molar-refractivity contribution < 1.29 is 9.59 Å². The van der Waals surface area contributed by atoms with E-state index in [1.165, 1.54) is 11.8 Å². The summed E-state index contributed by atoms with van der Waals surface area (Å²) in [5.41, 5.74) is 10.9. The molecular formula is C6H10N2O2S2. The van der Waals surface area contributed by atoms with Gasteiger partial charge in [0.25, 0.3) is 0 Å². The van der Waals surface area contributed by atoms with E-state index in [1.807, 2.05) is 0 Å². The van der Waals surface area contributed by atoms with Crippen LogP contribution in [0.5, 0.6) is 0 Å². The summed E-state index contributed by atoms with van der Waals surface area (Å²) in [6, 6.07) is -1.06. The van der Waals surface area contributed by atoms with Gasteiger partial charge in [0.15, 0.2) is 0 Å². The molecule has 6 heteroatoms. The summed E-state index contributed by atoms with van der Waals surface area (Å²) in [5, 5.41) is -0.551. The summed E-state index contributed by atoms with van der Waals surface area (Å²) >= 11 is 2.10. The van der Waals surface area contributed by atoms with Crippen LogP contribution in [0.15, 0.2) is 0 Å². The molecular weight excluding hydrogens is 196 g/mol. The van der Waals surface area contributed by atoms with Crippen molar-refractivity contribution in [2.75, 3.05) is 11.5 Å². The number of carbonyl (C=O) groups excluding carboxylic acids is 2. The average Bonchev–Trinajstić information content (AvgIpc) is 2.02. The van der Waals surface area contributed by atoms with E-state index in [-0.39, 0.29) is 10.2 Å². The minimum Gasteiger partial charge on any atom is -0.320 e. The largest absolute Gasteiger partial charge is 0.320 e. The van der Waals surface area contributed by atoms with Gasteiger partial charge in [-0.15, -0.1) is 0 Å². The first-order chi connectivity index (χ1) is 5.61. The number of rotatable bonds is 0. The Bertz CT molecular complexity index is 190. The van der Waals surface area contributed by atoms with Gasteiger partial charge in [-0.25, -0.2) is 0 Å². The Labute approximate surface area is 78.8 Å². The van der Waals surface area contributed by atoms with Crippen LogP contribution in [-0.2, 0) is 9.59 Å². The van der Waals surface area contributed by atoms with Gasteiger partial charge in [0, 0.05) is 11.5 Å². The van der Waals surface area contributed by atoms with Crippen LogP contribution in [0.2, 0.25) is 0 Å². The zero-order chi connectivity index (χ0) is 9.14. The molecule has 1 saturated heterocycles. The van der Waals surface area contributed by atoms with E-state index >= 15 is 0 Å². The molecule has 0 radical (unpaired) electrons. The highest BCUT2D eigenvalue weighted by Gasteiger charge is 2.25. The SMILES string of the molecule is N[C@H]1CSC[C@H](N)C(=O)SC1=O. The Balaban J connectivity index is 2.60. The monoisotopic (exact) mass is 206 g/mol. The first-order valence-corrected chi connectivity index (χ1v) is 5.43. The highest BCUT2D eigenvalue weighted by molar-refractivity contribution is 8.26. The number of nitrogens with two attached hydrogens (primary N) is 2. The third-order valence-electron chi connectivity index (χ3n) is 1.40. The highest BCUT2D eigenvalue weighted by atomic mass is 32.2. The summed E-state index contributed by atoms with van der Waals surface area (Å²) in [6.45, 7) is 0. The van der Waals surface area contributed by atoms with E-state index in [1.54, 1.807) is 0 Å². The molecule has 4 N–H and O–H groups in total. The van der Waals surface area contributed by atoms with Gasteiger partial charge in [-0.2, -0.15) is 11.8 Å². The second-order valence-electron chi connectivity index (χ2n) is 2.49. The zero-order valence-corrected chi connectivity index (χ0v) is 7.99. The van der Waals surface area contributed by atoms with Gasteiger partial charge in [0.1, 0.15) is 0 Å². The molecule has 0 saturated carbocycles. The smallest absolute Gasteiger partial charge is 0.214 e. The number of hydrogen-bond acceptors (Lipinski definition) is 6. The predicted molar refractivity (Wildman–Crippen MR) is 50.9 cm³/mol. The zero-order valence-electron chi connectivity index (χ0n) is 6.36. The van der Waals surface area contributed by atoms with Crippen LogP contribution in [-0.4, -0.2) is 33.8 Å². The summed E-state index contributed by atoms with van der Waals surface area (Å²) < 4.78 is 0. The van der Waals surface area contributed by atoms with E-state index < -0.39 is 12.1 Å². The van der Waals surface area contributed by atoms with Crippen molar-refractivity contribution in [2.45, 2.75) is 12.1 Å². The van der Waals surface area contributed by atoms with Crippen LogP contribution in [0.25, 0.3) is 0 Å². The Morgan fingerprint density at radius 3 is 1.92 bits per heavy atom. The third kappa shape index (κ3) is 2.48. The molecule has 1 rings (SSSR count). The lowest BCUT2D eigenvalue weighted by Gasteiger charge is -2.16. The van der Waals surface area contributed by atoms with Gasteiger partial charge in [-0.3, -0.25) is 9.59 Å². The highest BCUT2D eigenvalue weighted by Crippen LogP contribution is 2.17. The maximum Gasteiger partial charge on any atom is 0.214 e. The standard InChI is InChI=1S/C6H10N2O2S2/c7-3-1-11-2-4(8)6(10)12-5(3)9/h3-4H,1-2,7-8H2/t3-,4-/m0/s1. The number of thioether (sulfide) groups is 2. The van der Waals surface area contributed by atoms with E-state index in [0.717, 1.165) is 0 Å². The van der Waals surface area contributed by atoms with Crippen molar-refractivity contribution in [3.05, 3.63) is 0 Å². The first kappa shape index (κ1) is 10.0. The van der Waals surface area contributed by atoms with Crippen LogP contribution in [0.3, 0.4) is 0 Å². The van der Waals surface area contributed by atoms with Crippen LogP contribution in [0, 0.1) is 0 Å². The summed E-state index contributed by atoms with van der Waals surface area (Å²) in [5.74, 6) is 1.10. The van der Waals surface area contributed by atoms with Crippen molar-refractivity contribution in [3.8, 4) is 0 Å². The van der Waals surface area contributed by atoms with Gasteiger partial charge in [0.2, 0.25) is 10.2 Å². The summed E-state index contributed by atoms with van der Waals surface area (Å²) in [6.07, 6.45) is 0. The van der Waals surface area contributed by atoms with E-state index in [9.17, 15) is 9.59 Å². The maximum atomic E-state index is 11.1. The van der Waals surface area contributed by atoms with Crippen molar-refractivity contribution >= 4 is 33.8 Å². The van der Waals surface area contributed by atoms with Crippen molar-refractivity contribution in [1.29, 1.82) is 0 Å². The third-order valence-corrected chi connectivity index (χ3v) is 3.60. The fourth-order valence-corrected chi connectivity index (χ4v) is 2.53. The second-order valence-corrected chi connectivity index (χ2v) is 4.57. The Hall–Kier alpha value is -0.0400. The van der Waals surface area contributed by atoms with Gasteiger partial charge in [0.05, 0.1) is 12.1 Å². The molecule has 4 nitrogen and oxygen atoms in total. The quantitative estimate of drug-likeness (QED) is 0.538. The maximum absolute atomic E-state index is 11.1. The predicted octanol–water partition coefficient (Wildman–Crippen LogP) is -0.826. The number of hydrogen-bond donors (Lipinski definition) is 2. The Kier molecular flexibility index (Phi) is 3.57. The molecule has 0 aromatic rings. The lowest BCUT2D eigenvalue weighted by molar-refractivity contribution is -0.114.